The molecule has 166 valence electrons. The number of para-hydroxylation sites is 1. The van der Waals surface area contributed by atoms with Gasteiger partial charge in [-0.3, -0.25) is 14.9 Å². The van der Waals surface area contributed by atoms with Gasteiger partial charge in [0, 0.05) is 41.3 Å². The summed E-state index contributed by atoms with van der Waals surface area (Å²) in [5.41, 5.74) is 5.50. The standard InChI is InChI=1S/C24H19BrN4O4/c25-21-12-19(29(31)32)10-11-23(21)33-16-24(30)27-26-13-18-15-28(14-17-6-2-1-3-7-17)22-9-5-4-8-20(18)22/h1-13,15H,14,16H2,(H,27,30)/b26-13+. The summed E-state index contributed by atoms with van der Waals surface area (Å²) < 4.78 is 7.95. The summed E-state index contributed by atoms with van der Waals surface area (Å²) in [4.78, 5) is 22.4. The topological polar surface area (TPSA) is 98.8 Å². The second-order valence-electron chi connectivity index (χ2n) is 7.17. The van der Waals surface area contributed by atoms with Gasteiger partial charge < -0.3 is 9.30 Å². The number of nitrogens with one attached hydrogen (secondary N) is 1. The van der Waals surface area contributed by atoms with Crippen molar-refractivity contribution in [1.82, 2.24) is 9.99 Å². The summed E-state index contributed by atoms with van der Waals surface area (Å²) in [5, 5.41) is 15.9. The van der Waals surface area contributed by atoms with Gasteiger partial charge in [0.05, 0.1) is 15.6 Å². The lowest BCUT2D eigenvalue weighted by Gasteiger charge is -2.06. The number of nitrogens with zero attached hydrogens (tertiary/aromatic N) is 3. The summed E-state index contributed by atoms with van der Waals surface area (Å²) in [6, 6.07) is 22.2. The zero-order valence-corrected chi connectivity index (χ0v) is 18.9. The van der Waals surface area contributed by atoms with Gasteiger partial charge in [0.1, 0.15) is 5.75 Å². The number of hydrogen-bond acceptors (Lipinski definition) is 5. The first-order valence-corrected chi connectivity index (χ1v) is 10.8. The Balaban J connectivity index is 1.40. The molecule has 0 bridgehead atoms. The predicted octanol–water partition coefficient (Wildman–Crippen LogP) is 4.89. The summed E-state index contributed by atoms with van der Waals surface area (Å²) >= 11 is 3.20. The minimum atomic E-state index is -0.507. The second-order valence-corrected chi connectivity index (χ2v) is 8.02. The number of nitro benzene ring substituents is 1. The van der Waals surface area contributed by atoms with Crippen molar-refractivity contribution >= 4 is 44.6 Å². The Morgan fingerprint density at radius 2 is 1.88 bits per heavy atom. The van der Waals surface area contributed by atoms with Gasteiger partial charge in [0.15, 0.2) is 6.61 Å². The number of hydrogen-bond donors (Lipinski definition) is 1. The number of carbonyl (C=O) groups is 1. The number of halogens is 1. The molecule has 4 aromatic rings. The average Bonchev–Trinajstić information content (AvgIpc) is 3.16. The van der Waals surface area contributed by atoms with E-state index in [1.165, 1.54) is 23.8 Å². The number of benzene rings is 3. The molecule has 33 heavy (non-hydrogen) atoms. The van der Waals surface area contributed by atoms with E-state index in [9.17, 15) is 14.9 Å². The van der Waals surface area contributed by atoms with Crippen LogP contribution in [0.25, 0.3) is 10.9 Å². The molecule has 0 spiro atoms. The molecule has 3 aromatic carbocycles. The highest BCUT2D eigenvalue weighted by molar-refractivity contribution is 9.10. The number of nitro groups is 1. The van der Waals surface area contributed by atoms with Gasteiger partial charge >= 0.3 is 0 Å². The molecule has 1 aromatic heterocycles. The fourth-order valence-electron chi connectivity index (χ4n) is 3.36. The number of ether oxygens (including phenoxy) is 1. The van der Waals surface area contributed by atoms with Gasteiger partial charge in [-0.05, 0) is 33.6 Å². The van der Waals surface area contributed by atoms with Gasteiger partial charge in [-0.25, -0.2) is 5.43 Å². The Bertz CT molecular complexity index is 1340. The van der Waals surface area contributed by atoms with Gasteiger partial charge in [-0.1, -0.05) is 48.5 Å². The number of hydrazone groups is 1. The van der Waals surface area contributed by atoms with Gasteiger partial charge in [0.2, 0.25) is 0 Å². The molecule has 0 radical (unpaired) electrons. The maximum Gasteiger partial charge on any atom is 0.277 e. The van der Waals surface area contributed by atoms with Crippen LogP contribution in [0, 0.1) is 10.1 Å². The Kier molecular flexibility index (Phi) is 6.80. The summed E-state index contributed by atoms with van der Waals surface area (Å²) in [7, 11) is 0. The zero-order valence-electron chi connectivity index (χ0n) is 17.3. The maximum absolute atomic E-state index is 12.1. The number of carbonyl (C=O) groups excluding carboxylic acids is 1. The van der Waals surface area contributed by atoms with Crippen LogP contribution >= 0.6 is 15.9 Å². The molecule has 0 unspecified atom stereocenters. The van der Waals surface area contributed by atoms with Crippen molar-refractivity contribution in [3.8, 4) is 5.75 Å². The predicted molar refractivity (Wildman–Crippen MR) is 130 cm³/mol. The average molecular weight is 507 g/mol. The van der Waals surface area contributed by atoms with Crippen LogP contribution < -0.4 is 10.2 Å². The maximum atomic E-state index is 12.1. The summed E-state index contributed by atoms with van der Waals surface area (Å²) in [5.74, 6) is -0.131. The van der Waals surface area contributed by atoms with Gasteiger partial charge in [0.25, 0.3) is 11.6 Å². The fourth-order valence-corrected chi connectivity index (χ4v) is 3.84. The van der Waals surface area contributed by atoms with Crippen LogP contribution in [-0.2, 0) is 11.3 Å². The van der Waals surface area contributed by atoms with E-state index in [-0.39, 0.29) is 12.3 Å². The van der Waals surface area contributed by atoms with Crippen LogP contribution in [-0.4, -0.2) is 28.2 Å². The summed E-state index contributed by atoms with van der Waals surface area (Å²) in [6.07, 6.45) is 3.60. The van der Waals surface area contributed by atoms with E-state index >= 15 is 0 Å². The highest BCUT2D eigenvalue weighted by atomic mass is 79.9. The molecule has 1 N–H and O–H groups in total. The fraction of sp³-hybridized carbons (Fsp3) is 0.0833. The minimum Gasteiger partial charge on any atom is -0.483 e. The molecule has 8 nitrogen and oxygen atoms in total. The second kappa shape index (κ2) is 10.1. The molecule has 0 aliphatic carbocycles. The van der Waals surface area contributed by atoms with E-state index in [2.05, 4.69) is 43.2 Å². The largest absolute Gasteiger partial charge is 0.483 e. The van der Waals surface area contributed by atoms with Crippen molar-refractivity contribution in [1.29, 1.82) is 0 Å². The van der Waals surface area contributed by atoms with Crippen LogP contribution in [0.2, 0.25) is 0 Å². The van der Waals surface area contributed by atoms with E-state index in [1.807, 2.05) is 48.7 Å². The Morgan fingerprint density at radius 1 is 1.12 bits per heavy atom. The van der Waals surface area contributed by atoms with E-state index < -0.39 is 10.8 Å². The summed E-state index contributed by atoms with van der Waals surface area (Å²) in [6.45, 7) is 0.434. The van der Waals surface area contributed by atoms with Crippen LogP contribution in [0.3, 0.4) is 0 Å². The third kappa shape index (κ3) is 5.45. The van der Waals surface area contributed by atoms with Crippen LogP contribution in [0.5, 0.6) is 5.75 Å². The first-order chi connectivity index (χ1) is 16.0. The minimum absolute atomic E-state index is 0.0743. The molecule has 9 heteroatoms. The Labute approximate surface area is 197 Å². The number of fused-ring (bicyclic) bond motifs is 1. The van der Waals surface area contributed by atoms with Crippen LogP contribution in [0.15, 0.2) is 88.6 Å². The molecule has 0 fully saturated rings. The third-order valence-electron chi connectivity index (χ3n) is 4.89. The zero-order chi connectivity index (χ0) is 23.2. The molecular weight excluding hydrogens is 488 g/mol. The van der Waals surface area contributed by atoms with Gasteiger partial charge in [-0.15, -0.1) is 0 Å². The van der Waals surface area contributed by atoms with Crippen molar-refractivity contribution in [2.45, 2.75) is 6.54 Å². The van der Waals surface area contributed by atoms with Crippen molar-refractivity contribution in [3.63, 3.8) is 0 Å². The monoisotopic (exact) mass is 506 g/mol. The molecule has 4 rings (SSSR count). The molecule has 1 amide bonds. The van der Waals surface area contributed by atoms with E-state index in [4.69, 9.17) is 4.74 Å². The Hall–Kier alpha value is -3.98. The SMILES string of the molecule is O=C(COc1ccc([N+](=O)[O-])cc1Br)N/N=C/c1cn(Cc2ccccc2)c2ccccc12. The molecule has 0 aliphatic rings. The molecule has 0 saturated heterocycles. The van der Waals surface area contributed by atoms with Crippen molar-refractivity contribution in [2.75, 3.05) is 6.61 Å². The number of rotatable bonds is 8. The van der Waals surface area contributed by atoms with Crippen molar-refractivity contribution < 1.29 is 14.5 Å². The smallest absolute Gasteiger partial charge is 0.277 e. The van der Waals surface area contributed by atoms with E-state index in [1.54, 1.807) is 6.21 Å². The lowest BCUT2D eigenvalue weighted by molar-refractivity contribution is -0.384. The third-order valence-corrected chi connectivity index (χ3v) is 5.51. The first kappa shape index (κ1) is 22.2. The first-order valence-electron chi connectivity index (χ1n) is 10.0. The number of amides is 1. The van der Waals surface area contributed by atoms with Crippen molar-refractivity contribution in [3.05, 3.63) is 105 Å². The van der Waals surface area contributed by atoms with Gasteiger partial charge in [-0.2, -0.15) is 5.10 Å². The molecular formula is C24H19BrN4O4. The molecule has 0 saturated carbocycles. The Morgan fingerprint density at radius 3 is 2.64 bits per heavy atom. The molecule has 1 heterocycles. The molecule has 0 atom stereocenters. The van der Waals surface area contributed by atoms with Crippen LogP contribution in [0.4, 0.5) is 5.69 Å². The van der Waals surface area contributed by atoms with Crippen LogP contribution in [0.1, 0.15) is 11.1 Å². The highest BCUT2D eigenvalue weighted by Gasteiger charge is 2.11. The van der Waals surface area contributed by atoms with E-state index in [0.29, 0.717) is 10.2 Å². The molecule has 0 aliphatic heterocycles. The quantitative estimate of drug-likeness (QED) is 0.209. The van der Waals surface area contributed by atoms with Crippen molar-refractivity contribution in [2.24, 2.45) is 5.10 Å². The highest BCUT2D eigenvalue weighted by Crippen LogP contribution is 2.29. The normalized spacial score (nSPS) is 11.1. The number of aromatic nitrogens is 1. The van der Waals surface area contributed by atoms with E-state index in [0.717, 1.165) is 23.0 Å². The lowest BCUT2D eigenvalue weighted by Crippen LogP contribution is -2.24. The number of non-ortho nitro benzene ring substituents is 1. The lowest BCUT2D eigenvalue weighted by atomic mass is 10.2.